The van der Waals surface area contributed by atoms with E-state index >= 15 is 0 Å². The molecule has 1 radical (unpaired) electrons. The van der Waals surface area contributed by atoms with Crippen molar-refractivity contribution in [3.63, 3.8) is 0 Å². The van der Waals surface area contributed by atoms with Crippen LogP contribution in [0.25, 0.3) is 89.7 Å². The van der Waals surface area contributed by atoms with E-state index in [9.17, 15) is 17.8 Å². The van der Waals surface area contributed by atoms with Gasteiger partial charge in [-0.05, 0) is 18.2 Å². The van der Waals surface area contributed by atoms with Crippen LogP contribution in [-0.2, 0) is 27.2 Å². The molecule has 0 unspecified atom stereocenters. The number of nitrogen functional groups attached to an aromatic ring is 1. The number of carbonyl (C=O) groups is 1. The normalized spacial score (nSPS) is 11.9. The van der Waals surface area contributed by atoms with Crippen LogP contribution < -0.4 is 5.73 Å². The Morgan fingerprint density at radius 2 is 1.00 bits per heavy atom. The molecule has 5 heterocycles. The third kappa shape index (κ3) is 5.17. The molecule has 13 nitrogen and oxygen atoms in total. The Kier molecular flexibility index (Phi) is 7.51. The van der Waals surface area contributed by atoms with Gasteiger partial charge in [-0.2, -0.15) is 8.42 Å². The average Bonchev–Trinajstić information content (AvgIpc) is 3.90. The molecule has 8 aromatic rings. The molecule has 54 heavy (non-hydrogen) atoms. The molecule has 0 aliphatic carbocycles. The van der Waals surface area contributed by atoms with Crippen molar-refractivity contribution in [2.24, 2.45) is 0 Å². The van der Waals surface area contributed by atoms with E-state index in [1.54, 1.807) is 18.2 Å². The van der Waals surface area contributed by atoms with Crippen LogP contribution in [0, 0.1) is 0 Å². The number of rotatable bonds is 3. The molecule has 5 N–H and O–H groups in total. The Morgan fingerprint density at radius 3 is 1.52 bits per heavy atom. The molecule has 0 spiro atoms. The van der Waals surface area contributed by atoms with Crippen LogP contribution in [-0.4, -0.2) is 58.6 Å². The maximum atomic E-state index is 14.3. The van der Waals surface area contributed by atoms with E-state index in [4.69, 9.17) is 35.6 Å². The van der Waals surface area contributed by atoms with Gasteiger partial charge in [0.25, 0.3) is 10.1 Å². The number of ketones is 1. The predicted octanol–water partition coefficient (Wildman–Crippen LogP) is 6.93. The number of nitrogens with zero attached hydrogens (tertiary/aromatic N) is 6. The number of H-pyrrole nitrogens is 2. The SMILES string of the molecule is Nc1ccc(C(=O)c2cccc3c4nc5nc(nc6[nH]c(nc7nc(nc([nH]4)c23)-c2ccccc2-7)c2ccccc62)-c2ccccc2-5)cc1S(=O)(=O)O.[Cu]. The Balaban J connectivity index is 0.00000384. The van der Waals surface area contributed by atoms with Crippen molar-refractivity contribution in [2.45, 2.75) is 4.90 Å². The third-order valence-electron chi connectivity index (χ3n) is 9.38. The molecular weight excluding hydrogens is 754 g/mol. The van der Waals surface area contributed by atoms with Crippen LogP contribution in [0.2, 0.25) is 0 Å². The van der Waals surface area contributed by atoms with E-state index in [2.05, 4.69) is 9.97 Å². The Morgan fingerprint density at radius 1 is 0.556 bits per heavy atom. The summed E-state index contributed by atoms with van der Waals surface area (Å²) in [4.78, 5) is 50.2. The fourth-order valence-electron chi connectivity index (χ4n) is 6.93. The minimum absolute atomic E-state index is 0. The molecule has 8 bridgehead atoms. The van der Waals surface area contributed by atoms with Gasteiger partial charge in [-0.3, -0.25) is 9.35 Å². The Labute approximate surface area is 315 Å². The van der Waals surface area contributed by atoms with E-state index < -0.39 is 20.8 Å². The van der Waals surface area contributed by atoms with Gasteiger partial charge in [-0.1, -0.05) is 91.0 Å². The minimum atomic E-state index is -4.71. The molecular formula is C39H23CuN9O4S. The Hall–Kier alpha value is -6.64. The van der Waals surface area contributed by atoms with Gasteiger partial charge in [0.1, 0.15) is 27.5 Å². The first-order chi connectivity index (χ1) is 25.7. The summed E-state index contributed by atoms with van der Waals surface area (Å²) in [5.41, 5.74) is 10.7. The second-order valence-corrected chi connectivity index (χ2v) is 13.9. The standard InChI is InChI=1S/C39H23N9O4S.Cu/c40-28-17-16-19(18-29(28)53(50,51)52)31(49)26-14-7-15-27-30(26)39-47-37-25-13-6-5-12-24(25)35(45-37)43-33-21-9-2-1-8-20(21)32(41-33)42-34-22-10-3-4-11-23(22)36(44-34)46-38(27)48-39;/h1-18H,40H2,(H,50,51,52)(H2,41,42,43,44,45,46,47,48);. The summed E-state index contributed by atoms with van der Waals surface area (Å²) in [7, 11) is -4.71. The van der Waals surface area contributed by atoms with E-state index in [0.717, 1.165) is 39.1 Å². The monoisotopic (exact) mass is 776 g/mol. The zero-order chi connectivity index (χ0) is 36.0. The van der Waals surface area contributed by atoms with E-state index in [1.807, 2.05) is 72.8 Å². The fourth-order valence-corrected chi connectivity index (χ4v) is 7.58. The van der Waals surface area contributed by atoms with Gasteiger partial charge >= 0.3 is 0 Å². The van der Waals surface area contributed by atoms with Crippen LogP contribution >= 0.6 is 0 Å². The van der Waals surface area contributed by atoms with Crippen molar-refractivity contribution in [3.8, 4) is 45.6 Å². The first-order valence-electron chi connectivity index (χ1n) is 16.4. The number of benzene rings is 5. The summed E-state index contributed by atoms with van der Waals surface area (Å²) in [6.45, 7) is 0. The summed E-state index contributed by atoms with van der Waals surface area (Å²) < 4.78 is 34.0. The zero-order valence-corrected chi connectivity index (χ0v) is 29.3. The molecule has 2 aliphatic rings. The molecule has 0 fully saturated rings. The van der Waals surface area contributed by atoms with Crippen molar-refractivity contribution < 1.29 is 34.8 Å². The van der Waals surface area contributed by atoms with Crippen LogP contribution in [0.5, 0.6) is 0 Å². The number of nitrogens with one attached hydrogen (secondary N) is 2. The molecule has 0 amide bonds. The summed E-state index contributed by atoms with van der Waals surface area (Å²) in [6, 6.07) is 32.0. The zero-order valence-electron chi connectivity index (χ0n) is 27.5. The second kappa shape index (κ2) is 12.2. The molecule has 5 aromatic carbocycles. The van der Waals surface area contributed by atoms with Crippen LogP contribution in [0.1, 0.15) is 15.9 Å². The van der Waals surface area contributed by atoms with Gasteiger partial charge in [-0.25, -0.2) is 29.9 Å². The first-order valence-corrected chi connectivity index (χ1v) is 17.8. The smallest absolute Gasteiger partial charge is 0.296 e. The minimum Gasteiger partial charge on any atom is -0.398 e. The summed E-state index contributed by atoms with van der Waals surface area (Å²) in [5, 5.41) is 2.68. The van der Waals surface area contributed by atoms with Crippen LogP contribution in [0.3, 0.4) is 0 Å². The number of carbonyl (C=O) groups excluding carboxylic acids is 1. The largest absolute Gasteiger partial charge is 0.398 e. The van der Waals surface area contributed by atoms with Crippen LogP contribution in [0.15, 0.2) is 114 Å². The van der Waals surface area contributed by atoms with Crippen molar-refractivity contribution in [3.05, 3.63) is 120 Å². The molecule has 2 aliphatic heterocycles. The van der Waals surface area contributed by atoms with E-state index in [-0.39, 0.29) is 39.5 Å². The predicted molar refractivity (Wildman–Crippen MR) is 200 cm³/mol. The fraction of sp³-hybridized carbons (Fsp3) is 0. The quantitative estimate of drug-likeness (QED) is 0.0627. The molecule has 15 heteroatoms. The summed E-state index contributed by atoms with van der Waals surface area (Å²) in [5.74, 6) is 1.11. The topological polar surface area (TPSA) is 206 Å². The number of fused-ring (bicyclic) bond motifs is 20. The number of hydrogen-bond donors (Lipinski definition) is 4. The second-order valence-electron chi connectivity index (χ2n) is 12.5. The van der Waals surface area contributed by atoms with Gasteiger partial charge in [0.15, 0.2) is 29.1 Å². The number of aromatic nitrogens is 8. The van der Waals surface area contributed by atoms with Crippen molar-refractivity contribution >= 4 is 65.7 Å². The molecule has 265 valence electrons. The molecule has 0 atom stereocenters. The molecule has 10 rings (SSSR count). The first kappa shape index (κ1) is 33.2. The van der Waals surface area contributed by atoms with Gasteiger partial charge in [0, 0.05) is 72.0 Å². The summed E-state index contributed by atoms with van der Waals surface area (Å²) in [6.07, 6.45) is 0. The number of anilines is 1. The van der Waals surface area contributed by atoms with Gasteiger partial charge in [0.05, 0.1) is 5.69 Å². The molecule has 0 saturated carbocycles. The van der Waals surface area contributed by atoms with Crippen LogP contribution in [0.4, 0.5) is 5.69 Å². The van der Waals surface area contributed by atoms with E-state index in [1.165, 1.54) is 12.1 Å². The number of aromatic amines is 2. The molecule has 3 aromatic heterocycles. The van der Waals surface area contributed by atoms with Crippen molar-refractivity contribution in [1.82, 2.24) is 39.9 Å². The third-order valence-corrected chi connectivity index (χ3v) is 10.3. The van der Waals surface area contributed by atoms with Crippen molar-refractivity contribution in [1.29, 1.82) is 0 Å². The van der Waals surface area contributed by atoms with Crippen molar-refractivity contribution in [2.75, 3.05) is 5.73 Å². The maximum absolute atomic E-state index is 14.3. The maximum Gasteiger partial charge on any atom is 0.296 e. The number of hydrogen-bond acceptors (Lipinski definition) is 10. The Bertz CT molecular complexity index is 3210. The average molecular weight is 777 g/mol. The molecule has 0 saturated heterocycles. The summed E-state index contributed by atoms with van der Waals surface area (Å²) >= 11 is 0. The number of nitrogens with two attached hydrogens (primary N) is 1. The van der Waals surface area contributed by atoms with Gasteiger partial charge in [0.2, 0.25) is 0 Å². The van der Waals surface area contributed by atoms with Gasteiger partial charge < -0.3 is 15.7 Å². The van der Waals surface area contributed by atoms with E-state index in [0.29, 0.717) is 51.0 Å². The van der Waals surface area contributed by atoms with Gasteiger partial charge in [-0.15, -0.1) is 0 Å².